The van der Waals surface area contributed by atoms with Crippen LogP contribution in [0.25, 0.3) is 101 Å². The Morgan fingerprint density at radius 1 is 0.150 bits per heavy atom. The van der Waals surface area contributed by atoms with Crippen LogP contribution in [0, 0.1) is 0 Å². The maximum atomic E-state index is 5.21. The summed E-state index contributed by atoms with van der Waals surface area (Å²) in [5.41, 5.74) is 16.5. The maximum absolute atomic E-state index is 5.21. The van der Waals surface area contributed by atoms with Gasteiger partial charge in [-0.05, 0) is 115 Å². The molecule has 0 amide bonds. The van der Waals surface area contributed by atoms with E-state index >= 15 is 0 Å². The van der Waals surface area contributed by atoms with Gasteiger partial charge in [0.05, 0.1) is 0 Å². The molecule has 0 unspecified atom stereocenters. The lowest BCUT2D eigenvalue weighted by Crippen LogP contribution is -2.00. The largest absolute Gasteiger partial charge is 0.208 e. The number of hydrogen-bond donors (Lipinski definition) is 0. The van der Waals surface area contributed by atoms with Crippen LogP contribution in [0.2, 0.25) is 0 Å². The van der Waals surface area contributed by atoms with Crippen LogP contribution < -0.4 is 0 Å². The fraction of sp³-hybridized carbons (Fsp3) is 0. The first-order valence-electron chi connectivity index (χ1n) is 20.3. The monoisotopic (exact) mass is 765 g/mol. The highest BCUT2D eigenvalue weighted by Gasteiger charge is 2.16. The number of hydrogen-bond acceptors (Lipinski definition) is 3. The van der Waals surface area contributed by atoms with Gasteiger partial charge in [0, 0.05) is 16.7 Å². The summed E-state index contributed by atoms with van der Waals surface area (Å²) in [5, 5.41) is 0. The summed E-state index contributed by atoms with van der Waals surface area (Å²) in [6.45, 7) is 0. The van der Waals surface area contributed by atoms with Gasteiger partial charge in [-0.2, -0.15) is 0 Å². The third-order valence-corrected chi connectivity index (χ3v) is 10.9. The molecule has 10 aromatic rings. The Kier molecular flexibility index (Phi) is 9.97. The summed E-state index contributed by atoms with van der Waals surface area (Å²) < 4.78 is 0. The quantitative estimate of drug-likeness (QED) is 0.147. The van der Waals surface area contributed by atoms with E-state index in [-0.39, 0.29) is 0 Å². The van der Waals surface area contributed by atoms with Crippen LogP contribution in [0.1, 0.15) is 0 Å². The topological polar surface area (TPSA) is 38.7 Å². The standard InChI is InChI=1S/C57H39N3/c1-6-18-40(19-7-1)49-34-50(41-20-8-2-9-21-41)37-53(36-49)45-28-16-30-47(32-45)56-58-55(44-26-14-5-15-27-44)59-57(60-56)48-31-17-29-46(33-48)54-38-51(42-22-10-3-11-23-42)35-52(39-54)43-24-12-4-13-25-43/h1-39H. The van der Waals surface area contributed by atoms with E-state index in [9.17, 15) is 0 Å². The van der Waals surface area contributed by atoms with Gasteiger partial charge in [-0.15, -0.1) is 0 Å². The molecule has 0 atom stereocenters. The molecule has 1 aromatic heterocycles. The van der Waals surface area contributed by atoms with E-state index in [1.54, 1.807) is 0 Å². The molecule has 1 heterocycles. The van der Waals surface area contributed by atoms with Gasteiger partial charge >= 0.3 is 0 Å². The summed E-state index contributed by atoms with van der Waals surface area (Å²) in [6, 6.07) is 83.2. The predicted octanol–water partition coefficient (Wildman–Crippen LogP) is 14.9. The van der Waals surface area contributed by atoms with Crippen molar-refractivity contribution in [2.24, 2.45) is 0 Å². The first kappa shape index (κ1) is 36.3. The SMILES string of the molecule is c1ccc(-c2cc(-c3ccccc3)cc(-c3cccc(-c4nc(-c5ccccc5)nc(-c5cccc(-c6cc(-c7ccccc7)cc(-c7ccccc7)c6)c5)n4)c3)c2)cc1. The fourth-order valence-corrected chi connectivity index (χ4v) is 7.80. The van der Waals surface area contributed by atoms with Crippen LogP contribution in [-0.4, -0.2) is 15.0 Å². The van der Waals surface area contributed by atoms with E-state index < -0.39 is 0 Å². The minimum Gasteiger partial charge on any atom is -0.208 e. The summed E-state index contributed by atoms with van der Waals surface area (Å²) in [7, 11) is 0. The number of aromatic nitrogens is 3. The van der Waals surface area contributed by atoms with Crippen LogP contribution in [0.4, 0.5) is 0 Å². The molecule has 0 aliphatic carbocycles. The van der Waals surface area contributed by atoms with Crippen LogP contribution in [0.3, 0.4) is 0 Å². The van der Waals surface area contributed by atoms with E-state index in [1.807, 2.05) is 18.2 Å². The van der Waals surface area contributed by atoms with Gasteiger partial charge < -0.3 is 0 Å². The third-order valence-electron chi connectivity index (χ3n) is 10.9. The molecule has 3 heteroatoms. The average molecular weight is 766 g/mol. The molecule has 10 rings (SSSR count). The highest BCUT2D eigenvalue weighted by Crippen LogP contribution is 2.37. The van der Waals surface area contributed by atoms with Crippen LogP contribution in [-0.2, 0) is 0 Å². The molecule has 0 fully saturated rings. The second kappa shape index (κ2) is 16.5. The van der Waals surface area contributed by atoms with Crippen LogP contribution in [0.5, 0.6) is 0 Å². The van der Waals surface area contributed by atoms with E-state index in [2.05, 4.69) is 218 Å². The Bertz CT molecular complexity index is 2750. The van der Waals surface area contributed by atoms with Crippen molar-refractivity contribution < 1.29 is 0 Å². The molecule has 0 bridgehead atoms. The van der Waals surface area contributed by atoms with Gasteiger partial charge in [0.2, 0.25) is 0 Å². The van der Waals surface area contributed by atoms with Crippen molar-refractivity contribution in [2.75, 3.05) is 0 Å². The van der Waals surface area contributed by atoms with Gasteiger partial charge in [0.25, 0.3) is 0 Å². The predicted molar refractivity (Wildman–Crippen MR) is 249 cm³/mol. The lowest BCUT2D eigenvalue weighted by molar-refractivity contribution is 1.07. The second-order valence-electron chi connectivity index (χ2n) is 14.9. The van der Waals surface area contributed by atoms with Crippen molar-refractivity contribution in [3.05, 3.63) is 237 Å². The van der Waals surface area contributed by atoms with Gasteiger partial charge in [0.15, 0.2) is 17.5 Å². The smallest absolute Gasteiger partial charge is 0.164 e. The Hall–Kier alpha value is -8.01. The number of benzene rings is 9. The van der Waals surface area contributed by atoms with Crippen molar-refractivity contribution in [1.29, 1.82) is 0 Å². The van der Waals surface area contributed by atoms with E-state index in [0.717, 1.165) is 61.2 Å². The van der Waals surface area contributed by atoms with Gasteiger partial charge in [0.1, 0.15) is 0 Å². The summed E-state index contributed by atoms with van der Waals surface area (Å²) in [6.07, 6.45) is 0. The van der Waals surface area contributed by atoms with Crippen molar-refractivity contribution in [3.63, 3.8) is 0 Å². The number of rotatable bonds is 9. The molecule has 9 aromatic carbocycles. The molecular formula is C57H39N3. The lowest BCUT2D eigenvalue weighted by Gasteiger charge is -2.13. The second-order valence-corrected chi connectivity index (χ2v) is 14.9. The van der Waals surface area contributed by atoms with Gasteiger partial charge in [-0.3, -0.25) is 0 Å². The molecule has 3 nitrogen and oxygen atoms in total. The number of nitrogens with zero attached hydrogens (tertiary/aromatic N) is 3. The molecule has 0 spiro atoms. The zero-order valence-electron chi connectivity index (χ0n) is 32.9. The first-order valence-corrected chi connectivity index (χ1v) is 20.3. The van der Waals surface area contributed by atoms with Crippen molar-refractivity contribution in [2.45, 2.75) is 0 Å². The minimum absolute atomic E-state index is 0.617. The molecule has 0 radical (unpaired) electrons. The molecule has 0 aliphatic rings. The van der Waals surface area contributed by atoms with Crippen molar-refractivity contribution in [3.8, 4) is 101 Å². The Balaban J connectivity index is 1.09. The first-order chi connectivity index (χ1) is 29.7. The fourth-order valence-electron chi connectivity index (χ4n) is 7.80. The lowest BCUT2D eigenvalue weighted by atomic mass is 9.92. The summed E-state index contributed by atoms with van der Waals surface area (Å²) in [5.74, 6) is 1.86. The highest BCUT2D eigenvalue weighted by molar-refractivity contribution is 5.84. The molecule has 0 N–H and O–H groups in total. The van der Waals surface area contributed by atoms with E-state index in [1.165, 1.54) is 22.3 Å². The molecular weight excluding hydrogens is 727 g/mol. The molecule has 282 valence electrons. The van der Waals surface area contributed by atoms with Crippen molar-refractivity contribution in [1.82, 2.24) is 15.0 Å². The average Bonchev–Trinajstić information content (AvgIpc) is 3.35. The Morgan fingerprint density at radius 3 is 0.650 bits per heavy atom. The zero-order chi connectivity index (χ0) is 40.1. The Labute approximate surface area is 351 Å². The maximum Gasteiger partial charge on any atom is 0.164 e. The van der Waals surface area contributed by atoms with Crippen molar-refractivity contribution >= 4 is 0 Å². The Morgan fingerprint density at radius 2 is 0.350 bits per heavy atom. The van der Waals surface area contributed by atoms with Crippen LogP contribution in [0.15, 0.2) is 237 Å². The van der Waals surface area contributed by atoms with Gasteiger partial charge in [-0.25, -0.2) is 15.0 Å². The molecule has 0 saturated carbocycles. The summed E-state index contributed by atoms with van der Waals surface area (Å²) >= 11 is 0. The van der Waals surface area contributed by atoms with E-state index in [0.29, 0.717) is 17.5 Å². The highest BCUT2D eigenvalue weighted by atomic mass is 15.0. The van der Waals surface area contributed by atoms with E-state index in [4.69, 9.17) is 15.0 Å². The minimum atomic E-state index is 0.617. The molecule has 0 saturated heterocycles. The zero-order valence-corrected chi connectivity index (χ0v) is 32.9. The molecule has 0 aliphatic heterocycles. The molecule has 60 heavy (non-hydrogen) atoms. The third kappa shape index (κ3) is 7.80. The normalized spacial score (nSPS) is 11.0. The van der Waals surface area contributed by atoms with Gasteiger partial charge in [-0.1, -0.05) is 188 Å². The summed E-state index contributed by atoms with van der Waals surface area (Å²) in [4.78, 5) is 15.4. The van der Waals surface area contributed by atoms with Crippen LogP contribution >= 0.6 is 0 Å².